The van der Waals surface area contributed by atoms with Crippen LogP contribution in [0, 0.1) is 6.92 Å². The normalized spacial score (nSPS) is 10.2. The van der Waals surface area contributed by atoms with E-state index in [0.29, 0.717) is 0 Å². The molecule has 0 bridgehead atoms. The summed E-state index contributed by atoms with van der Waals surface area (Å²) in [6, 6.07) is 6.01. The summed E-state index contributed by atoms with van der Waals surface area (Å²) in [5, 5.41) is 0. The molecule has 78 valence electrons. The maximum atomic E-state index is 5.57. The van der Waals surface area contributed by atoms with E-state index in [9.17, 15) is 0 Å². The van der Waals surface area contributed by atoms with Gasteiger partial charge in [-0.2, -0.15) is 0 Å². The molecule has 0 aliphatic carbocycles. The van der Waals surface area contributed by atoms with Gasteiger partial charge in [-0.1, -0.05) is 15.9 Å². The van der Waals surface area contributed by atoms with Gasteiger partial charge in [0.25, 0.3) is 0 Å². The Morgan fingerprint density at radius 1 is 1.36 bits per heavy atom. The Balaban J connectivity index is 2.39. The zero-order valence-corrected chi connectivity index (χ0v) is 10.0. The van der Waals surface area contributed by atoms with Crippen LogP contribution in [0.15, 0.2) is 22.7 Å². The smallest absolute Gasteiger partial charge is 0.119 e. The van der Waals surface area contributed by atoms with Gasteiger partial charge in [0.15, 0.2) is 0 Å². The summed E-state index contributed by atoms with van der Waals surface area (Å²) in [6.07, 6.45) is 2.04. The molecule has 3 heteroatoms. The van der Waals surface area contributed by atoms with Gasteiger partial charge >= 0.3 is 0 Å². The lowest BCUT2D eigenvalue weighted by Crippen LogP contribution is -2.03. The Bertz CT molecular complexity index is 289. The summed E-state index contributed by atoms with van der Waals surface area (Å²) in [7, 11) is 0. The molecule has 0 amide bonds. The second kappa shape index (κ2) is 6.04. The molecule has 0 aromatic heterocycles. The quantitative estimate of drug-likeness (QED) is 0.824. The molecule has 1 aromatic carbocycles. The molecule has 0 atom stereocenters. The maximum Gasteiger partial charge on any atom is 0.119 e. The number of aryl methyl sites for hydroxylation is 1. The van der Waals surface area contributed by atoms with Crippen molar-refractivity contribution in [1.82, 2.24) is 0 Å². The van der Waals surface area contributed by atoms with E-state index in [4.69, 9.17) is 10.5 Å². The molecular weight excluding hydrogens is 242 g/mol. The van der Waals surface area contributed by atoms with Crippen LogP contribution in [0.5, 0.6) is 5.75 Å². The van der Waals surface area contributed by atoms with Crippen molar-refractivity contribution < 1.29 is 4.74 Å². The van der Waals surface area contributed by atoms with Crippen LogP contribution in [0.2, 0.25) is 0 Å². The van der Waals surface area contributed by atoms with E-state index < -0.39 is 0 Å². The van der Waals surface area contributed by atoms with Crippen molar-refractivity contribution in [3.63, 3.8) is 0 Å². The molecule has 2 N–H and O–H groups in total. The van der Waals surface area contributed by atoms with Gasteiger partial charge in [0, 0.05) is 4.47 Å². The molecule has 0 aliphatic heterocycles. The molecule has 1 aromatic rings. The number of hydrogen-bond donors (Lipinski definition) is 1. The van der Waals surface area contributed by atoms with Crippen molar-refractivity contribution in [3.05, 3.63) is 28.2 Å². The van der Waals surface area contributed by atoms with Crippen LogP contribution in [0.25, 0.3) is 0 Å². The van der Waals surface area contributed by atoms with Crippen molar-refractivity contribution in [2.75, 3.05) is 13.2 Å². The van der Waals surface area contributed by atoms with Crippen LogP contribution < -0.4 is 10.5 Å². The van der Waals surface area contributed by atoms with Crippen molar-refractivity contribution >= 4 is 15.9 Å². The van der Waals surface area contributed by atoms with Crippen LogP contribution in [-0.4, -0.2) is 13.2 Å². The largest absolute Gasteiger partial charge is 0.494 e. The van der Waals surface area contributed by atoms with E-state index in [1.165, 1.54) is 5.56 Å². The van der Waals surface area contributed by atoms with Gasteiger partial charge in [0.05, 0.1) is 6.61 Å². The van der Waals surface area contributed by atoms with E-state index >= 15 is 0 Å². The van der Waals surface area contributed by atoms with Crippen LogP contribution in [-0.2, 0) is 0 Å². The van der Waals surface area contributed by atoms with E-state index in [1.54, 1.807) is 0 Å². The lowest BCUT2D eigenvalue weighted by Gasteiger charge is -2.07. The fourth-order valence-electron chi connectivity index (χ4n) is 1.14. The van der Waals surface area contributed by atoms with E-state index in [1.807, 2.05) is 18.2 Å². The molecule has 0 fully saturated rings. The predicted octanol–water partition coefficient (Wildman–Crippen LogP) is 2.88. The van der Waals surface area contributed by atoms with E-state index in [-0.39, 0.29) is 0 Å². The Morgan fingerprint density at radius 2 is 2.14 bits per heavy atom. The first kappa shape index (κ1) is 11.5. The van der Waals surface area contributed by atoms with E-state index in [2.05, 4.69) is 22.9 Å². The molecule has 0 spiro atoms. The van der Waals surface area contributed by atoms with E-state index in [0.717, 1.165) is 36.2 Å². The van der Waals surface area contributed by atoms with Gasteiger partial charge in [-0.3, -0.25) is 0 Å². The fourth-order valence-corrected chi connectivity index (χ4v) is 1.39. The molecule has 0 unspecified atom stereocenters. The molecule has 0 heterocycles. The number of benzene rings is 1. The highest BCUT2D eigenvalue weighted by molar-refractivity contribution is 9.10. The third-order valence-corrected chi connectivity index (χ3v) is 2.89. The van der Waals surface area contributed by atoms with Gasteiger partial charge < -0.3 is 10.5 Å². The topological polar surface area (TPSA) is 35.2 Å². The molecule has 14 heavy (non-hydrogen) atoms. The van der Waals surface area contributed by atoms with Gasteiger partial charge in [0.1, 0.15) is 5.75 Å². The molecular formula is C11H16BrNO. The Labute approximate surface area is 93.6 Å². The molecule has 0 aliphatic rings. The van der Waals surface area contributed by atoms with Gasteiger partial charge in [-0.25, -0.2) is 0 Å². The fraction of sp³-hybridized carbons (Fsp3) is 0.455. The van der Waals surface area contributed by atoms with Gasteiger partial charge in [0.2, 0.25) is 0 Å². The highest BCUT2D eigenvalue weighted by Crippen LogP contribution is 2.21. The summed E-state index contributed by atoms with van der Waals surface area (Å²) in [5.41, 5.74) is 6.59. The van der Waals surface area contributed by atoms with Crippen LogP contribution in [0.3, 0.4) is 0 Å². The van der Waals surface area contributed by atoms with Crippen LogP contribution >= 0.6 is 15.9 Å². The van der Waals surface area contributed by atoms with Crippen molar-refractivity contribution in [2.45, 2.75) is 19.8 Å². The molecule has 0 saturated heterocycles. The van der Waals surface area contributed by atoms with Crippen molar-refractivity contribution in [1.29, 1.82) is 0 Å². The highest BCUT2D eigenvalue weighted by Gasteiger charge is 1.97. The summed E-state index contributed by atoms with van der Waals surface area (Å²) in [4.78, 5) is 0. The lowest BCUT2D eigenvalue weighted by molar-refractivity contribution is 0.307. The standard InChI is InChI=1S/C11H16BrNO/c1-9-8-10(4-5-11(9)12)14-7-3-2-6-13/h4-5,8H,2-3,6-7,13H2,1H3. The number of hydrogen-bond acceptors (Lipinski definition) is 2. The summed E-state index contributed by atoms with van der Waals surface area (Å²) >= 11 is 3.45. The second-order valence-electron chi connectivity index (χ2n) is 3.26. The summed E-state index contributed by atoms with van der Waals surface area (Å²) in [5.74, 6) is 0.933. The second-order valence-corrected chi connectivity index (χ2v) is 4.11. The number of rotatable bonds is 5. The minimum atomic E-state index is 0.739. The zero-order chi connectivity index (χ0) is 10.4. The van der Waals surface area contributed by atoms with Gasteiger partial charge in [-0.05, 0) is 50.1 Å². The molecule has 2 nitrogen and oxygen atoms in total. The highest BCUT2D eigenvalue weighted by atomic mass is 79.9. The molecule has 0 radical (unpaired) electrons. The summed E-state index contributed by atoms with van der Waals surface area (Å²) in [6.45, 7) is 3.54. The minimum absolute atomic E-state index is 0.739. The average molecular weight is 258 g/mol. The molecule has 0 saturated carbocycles. The number of nitrogens with two attached hydrogens (primary N) is 1. The van der Waals surface area contributed by atoms with Crippen molar-refractivity contribution in [2.24, 2.45) is 5.73 Å². The first-order valence-corrected chi connectivity index (χ1v) is 5.62. The summed E-state index contributed by atoms with van der Waals surface area (Å²) < 4.78 is 6.68. The Kier molecular flexibility index (Phi) is 4.98. The monoisotopic (exact) mass is 257 g/mol. The first-order valence-electron chi connectivity index (χ1n) is 4.83. The SMILES string of the molecule is Cc1cc(OCCCCN)ccc1Br. The zero-order valence-electron chi connectivity index (χ0n) is 8.42. The Morgan fingerprint density at radius 3 is 2.79 bits per heavy atom. The van der Waals surface area contributed by atoms with Crippen LogP contribution in [0.1, 0.15) is 18.4 Å². The third-order valence-electron chi connectivity index (χ3n) is 2.00. The Hall–Kier alpha value is -0.540. The third kappa shape index (κ3) is 3.68. The van der Waals surface area contributed by atoms with Crippen LogP contribution in [0.4, 0.5) is 0 Å². The number of halogens is 1. The minimum Gasteiger partial charge on any atom is -0.494 e. The number of unbranched alkanes of at least 4 members (excludes halogenated alkanes) is 1. The van der Waals surface area contributed by atoms with Crippen molar-refractivity contribution in [3.8, 4) is 5.75 Å². The van der Waals surface area contributed by atoms with Gasteiger partial charge in [-0.15, -0.1) is 0 Å². The number of ether oxygens (including phenoxy) is 1. The first-order chi connectivity index (χ1) is 6.74. The maximum absolute atomic E-state index is 5.57. The predicted molar refractivity (Wildman–Crippen MR) is 62.7 cm³/mol. The molecule has 1 rings (SSSR count). The average Bonchev–Trinajstić information content (AvgIpc) is 2.18. The lowest BCUT2D eigenvalue weighted by atomic mass is 10.2.